The molecule has 0 radical (unpaired) electrons. The summed E-state index contributed by atoms with van der Waals surface area (Å²) in [4.78, 5) is 21.3. The van der Waals surface area contributed by atoms with E-state index in [2.05, 4.69) is 0 Å². The second-order valence-corrected chi connectivity index (χ2v) is 3.31. The molecule has 0 heterocycles. The van der Waals surface area contributed by atoms with Crippen molar-refractivity contribution in [2.24, 2.45) is 11.8 Å². The van der Waals surface area contributed by atoms with Gasteiger partial charge in [0.2, 0.25) is 0 Å². The monoisotopic (exact) mass is 188 g/mol. The predicted molar refractivity (Wildman–Crippen MR) is 42.1 cm³/mol. The van der Waals surface area contributed by atoms with Crippen LogP contribution in [0.1, 0.15) is 19.3 Å². The van der Waals surface area contributed by atoms with Crippen LogP contribution in [0.25, 0.3) is 0 Å². The Kier molecular flexibility index (Phi) is 2.87. The molecule has 0 bridgehead atoms. The van der Waals surface area contributed by atoms with E-state index in [0.717, 1.165) is 0 Å². The number of hydrogen-bond donors (Lipinski definition) is 3. The van der Waals surface area contributed by atoms with Gasteiger partial charge < -0.3 is 15.3 Å². The largest absolute Gasteiger partial charge is 0.481 e. The van der Waals surface area contributed by atoms with Crippen molar-refractivity contribution in [2.75, 3.05) is 0 Å². The first kappa shape index (κ1) is 9.98. The van der Waals surface area contributed by atoms with Crippen molar-refractivity contribution in [1.82, 2.24) is 0 Å². The van der Waals surface area contributed by atoms with Crippen LogP contribution in [0.15, 0.2) is 0 Å². The van der Waals surface area contributed by atoms with Crippen LogP contribution in [0.3, 0.4) is 0 Å². The molecule has 0 saturated heterocycles. The molecule has 0 aliphatic heterocycles. The number of carboxylic acids is 2. The van der Waals surface area contributed by atoms with Crippen molar-refractivity contribution < 1.29 is 24.9 Å². The third-order valence-corrected chi connectivity index (χ3v) is 2.47. The summed E-state index contributed by atoms with van der Waals surface area (Å²) in [6.45, 7) is 0. The maximum atomic E-state index is 10.7. The van der Waals surface area contributed by atoms with Crippen molar-refractivity contribution in [2.45, 2.75) is 25.4 Å². The maximum absolute atomic E-state index is 10.7. The summed E-state index contributed by atoms with van der Waals surface area (Å²) in [6, 6.07) is 0. The summed E-state index contributed by atoms with van der Waals surface area (Å²) >= 11 is 0. The fraction of sp³-hybridized carbons (Fsp3) is 0.750. The zero-order valence-electron chi connectivity index (χ0n) is 7.01. The van der Waals surface area contributed by atoms with Gasteiger partial charge in [0.1, 0.15) is 0 Å². The van der Waals surface area contributed by atoms with Crippen molar-refractivity contribution >= 4 is 11.9 Å². The van der Waals surface area contributed by atoms with Crippen LogP contribution < -0.4 is 0 Å². The molecule has 13 heavy (non-hydrogen) atoms. The number of hydrogen-bond acceptors (Lipinski definition) is 3. The molecule has 0 amide bonds. The Morgan fingerprint density at radius 1 is 1.08 bits per heavy atom. The van der Waals surface area contributed by atoms with Gasteiger partial charge in [0.15, 0.2) is 0 Å². The first-order chi connectivity index (χ1) is 6.04. The van der Waals surface area contributed by atoms with Gasteiger partial charge in [0.25, 0.3) is 0 Å². The topological polar surface area (TPSA) is 94.8 Å². The highest BCUT2D eigenvalue weighted by atomic mass is 16.4. The summed E-state index contributed by atoms with van der Waals surface area (Å²) < 4.78 is 0. The standard InChI is InChI=1S/C8H12O5/c9-5-3-1-2-4(7(10)11)6(5)8(12)13/h4-6,9H,1-3H2,(H,10,11)(H,12,13)/t4-,5-,6-/m0/s1. The van der Waals surface area contributed by atoms with Gasteiger partial charge in [-0.15, -0.1) is 0 Å². The van der Waals surface area contributed by atoms with Crippen LogP contribution in [0.2, 0.25) is 0 Å². The van der Waals surface area contributed by atoms with Gasteiger partial charge in [-0.1, -0.05) is 0 Å². The SMILES string of the molecule is O=C(O)[C@H]1[C@@H](C(=O)O)CCC[C@@H]1O. The molecule has 0 aromatic carbocycles. The summed E-state index contributed by atoms with van der Waals surface area (Å²) in [6.07, 6.45) is 0.263. The molecule has 74 valence electrons. The molecule has 0 unspecified atom stereocenters. The normalized spacial score (nSPS) is 34.1. The molecule has 0 aromatic rings. The Morgan fingerprint density at radius 3 is 2.08 bits per heavy atom. The lowest BCUT2D eigenvalue weighted by atomic mass is 9.77. The van der Waals surface area contributed by atoms with E-state index in [1.807, 2.05) is 0 Å². The first-order valence-corrected chi connectivity index (χ1v) is 4.17. The summed E-state index contributed by atoms with van der Waals surface area (Å²) in [5, 5.41) is 26.7. The summed E-state index contributed by atoms with van der Waals surface area (Å²) in [5.74, 6) is -4.45. The summed E-state index contributed by atoms with van der Waals surface area (Å²) in [7, 11) is 0. The van der Waals surface area contributed by atoms with E-state index in [1.165, 1.54) is 0 Å². The maximum Gasteiger partial charge on any atom is 0.310 e. The number of aliphatic hydroxyl groups is 1. The number of aliphatic hydroxyl groups excluding tert-OH is 1. The third kappa shape index (κ3) is 1.98. The predicted octanol–water partition coefficient (Wildman–Crippen LogP) is -0.0672. The molecule has 3 N–H and O–H groups in total. The molecule has 1 aliphatic carbocycles. The molecule has 1 rings (SSSR count). The smallest absolute Gasteiger partial charge is 0.310 e. The molecule has 1 aliphatic rings. The number of rotatable bonds is 2. The molecular formula is C8H12O5. The van der Waals surface area contributed by atoms with Crippen LogP contribution in [-0.4, -0.2) is 33.4 Å². The van der Waals surface area contributed by atoms with Crippen LogP contribution in [0.5, 0.6) is 0 Å². The lowest BCUT2D eigenvalue weighted by Gasteiger charge is -2.29. The Hall–Kier alpha value is -1.10. The van der Waals surface area contributed by atoms with E-state index in [-0.39, 0.29) is 0 Å². The molecule has 0 spiro atoms. The van der Waals surface area contributed by atoms with Gasteiger partial charge in [-0.25, -0.2) is 0 Å². The highest BCUT2D eigenvalue weighted by Gasteiger charge is 2.41. The number of carboxylic acid groups (broad SMARTS) is 2. The highest BCUT2D eigenvalue weighted by molar-refractivity contribution is 5.80. The van der Waals surface area contributed by atoms with E-state index < -0.39 is 29.9 Å². The lowest BCUT2D eigenvalue weighted by molar-refractivity contribution is -0.161. The average Bonchev–Trinajstić information content (AvgIpc) is 2.02. The van der Waals surface area contributed by atoms with Crippen molar-refractivity contribution in [3.05, 3.63) is 0 Å². The molecule has 1 fully saturated rings. The molecule has 5 heteroatoms. The van der Waals surface area contributed by atoms with Gasteiger partial charge in [-0.3, -0.25) is 9.59 Å². The van der Waals surface area contributed by atoms with Crippen molar-refractivity contribution in [1.29, 1.82) is 0 Å². The minimum Gasteiger partial charge on any atom is -0.481 e. The van der Waals surface area contributed by atoms with Crippen molar-refractivity contribution in [3.8, 4) is 0 Å². The van der Waals surface area contributed by atoms with E-state index >= 15 is 0 Å². The summed E-state index contributed by atoms with van der Waals surface area (Å²) in [5.41, 5.74) is 0. The van der Waals surface area contributed by atoms with E-state index in [4.69, 9.17) is 10.2 Å². The minimum atomic E-state index is -1.22. The highest BCUT2D eigenvalue weighted by Crippen LogP contribution is 2.30. The number of carbonyl (C=O) groups is 2. The van der Waals surface area contributed by atoms with Crippen LogP contribution in [0.4, 0.5) is 0 Å². The Bertz CT molecular complexity index is 225. The molecule has 0 aromatic heterocycles. The molecular weight excluding hydrogens is 176 g/mol. The third-order valence-electron chi connectivity index (χ3n) is 2.47. The molecule has 1 saturated carbocycles. The quantitative estimate of drug-likeness (QED) is 0.564. The number of aliphatic carboxylic acids is 2. The average molecular weight is 188 g/mol. The fourth-order valence-electron chi connectivity index (χ4n) is 1.79. The minimum absolute atomic E-state index is 0.337. The Morgan fingerprint density at radius 2 is 1.69 bits per heavy atom. The van der Waals surface area contributed by atoms with Crippen molar-refractivity contribution in [3.63, 3.8) is 0 Å². The second kappa shape index (κ2) is 3.74. The molecule has 3 atom stereocenters. The van der Waals surface area contributed by atoms with Gasteiger partial charge in [-0.05, 0) is 19.3 Å². The zero-order valence-corrected chi connectivity index (χ0v) is 7.01. The van der Waals surface area contributed by atoms with Gasteiger partial charge in [-0.2, -0.15) is 0 Å². The zero-order chi connectivity index (χ0) is 10.0. The van der Waals surface area contributed by atoms with E-state index in [9.17, 15) is 14.7 Å². The first-order valence-electron chi connectivity index (χ1n) is 4.17. The van der Waals surface area contributed by atoms with E-state index in [1.54, 1.807) is 0 Å². The van der Waals surface area contributed by atoms with Crippen LogP contribution >= 0.6 is 0 Å². The van der Waals surface area contributed by atoms with Crippen LogP contribution in [0, 0.1) is 11.8 Å². The van der Waals surface area contributed by atoms with Crippen LogP contribution in [-0.2, 0) is 9.59 Å². The Labute approximate surface area is 75.0 Å². The second-order valence-electron chi connectivity index (χ2n) is 3.31. The van der Waals surface area contributed by atoms with Gasteiger partial charge in [0, 0.05) is 0 Å². The van der Waals surface area contributed by atoms with E-state index in [0.29, 0.717) is 19.3 Å². The Balaban J connectivity index is 2.80. The fourth-order valence-corrected chi connectivity index (χ4v) is 1.79. The van der Waals surface area contributed by atoms with Gasteiger partial charge in [0.05, 0.1) is 17.9 Å². The van der Waals surface area contributed by atoms with Gasteiger partial charge >= 0.3 is 11.9 Å². The lowest BCUT2D eigenvalue weighted by Crippen LogP contribution is -2.41. The molecule has 5 nitrogen and oxygen atoms in total.